The zero-order chi connectivity index (χ0) is 14.3. The monoisotopic (exact) mass is 264 g/mol. The Balaban J connectivity index is 2.92. The lowest BCUT2D eigenvalue weighted by atomic mass is 10.0. The van der Waals surface area contributed by atoms with E-state index in [1.54, 1.807) is 7.11 Å². The maximum absolute atomic E-state index is 5.95. The summed E-state index contributed by atoms with van der Waals surface area (Å²) in [6.45, 7) is 9.25. The van der Waals surface area contributed by atoms with Gasteiger partial charge in [-0.3, -0.25) is 0 Å². The van der Waals surface area contributed by atoms with Crippen molar-refractivity contribution in [3.05, 3.63) is 29.8 Å². The van der Waals surface area contributed by atoms with Gasteiger partial charge in [0.25, 0.3) is 0 Å². The first-order chi connectivity index (χ1) is 9.04. The lowest BCUT2D eigenvalue weighted by Crippen LogP contribution is -2.32. The third-order valence-electron chi connectivity index (χ3n) is 3.03. The fourth-order valence-corrected chi connectivity index (χ4v) is 2.29. The maximum atomic E-state index is 5.95. The molecule has 1 unspecified atom stereocenters. The van der Waals surface area contributed by atoms with Crippen LogP contribution in [0, 0.1) is 5.92 Å². The van der Waals surface area contributed by atoms with Gasteiger partial charge in [0.1, 0.15) is 0 Å². The fourth-order valence-electron chi connectivity index (χ4n) is 2.29. The average molecular weight is 264 g/mol. The van der Waals surface area contributed by atoms with Gasteiger partial charge in [-0.2, -0.15) is 0 Å². The topological polar surface area (TPSA) is 38.5 Å². The lowest BCUT2D eigenvalue weighted by Gasteiger charge is -2.29. The molecule has 3 heteroatoms. The number of hydrogen-bond donors (Lipinski definition) is 1. The number of nitrogens with zero attached hydrogens (tertiary/aromatic N) is 1. The van der Waals surface area contributed by atoms with E-state index < -0.39 is 0 Å². The van der Waals surface area contributed by atoms with Crippen molar-refractivity contribution in [2.45, 2.75) is 33.2 Å². The van der Waals surface area contributed by atoms with E-state index in [0.29, 0.717) is 5.92 Å². The molecule has 0 bridgehead atoms. The van der Waals surface area contributed by atoms with E-state index in [0.717, 1.165) is 26.1 Å². The molecule has 0 saturated carbocycles. The molecular weight excluding hydrogens is 236 g/mol. The van der Waals surface area contributed by atoms with E-state index in [4.69, 9.17) is 10.5 Å². The van der Waals surface area contributed by atoms with Gasteiger partial charge < -0.3 is 15.4 Å². The summed E-state index contributed by atoms with van der Waals surface area (Å²) in [7, 11) is 1.75. The largest absolute Gasteiger partial charge is 0.383 e. The Hall–Kier alpha value is -1.06. The van der Waals surface area contributed by atoms with Crippen molar-refractivity contribution in [2.24, 2.45) is 11.7 Å². The van der Waals surface area contributed by atoms with Gasteiger partial charge in [-0.05, 0) is 30.9 Å². The Labute approximate surface area is 117 Å². The Morgan fingerprint density at radius 2 is 1.89 bits per heavy atom. The third kappa shape index (κ3) is 5.62. The van der Waals surface area contributed by atoms with Gasteiger partial charge >= 0.3 is 0 Å². The number of hydrogen-bond acceptors (Lipinski definition) is 3. The third-order valence-corrected chi connectivity index (χ3v) is 3.03. The van der Waals surface area contributed by atoms with Gasteiger partial charge in [0.2, 0.25) is 0 Å². The van der Waals surface area contributed by atoms with E-state index in [1.165, 1.54) is 11.3 Å². The van der Waals surface area contributed by atoms with Crippen LogP contribution in [0.4, 0.5) is 5.69 Å². The minimum Gasteiger partial charge on any atom is -0.383 e. The zero-order valence-electron chi connectivity index (χ0n) is 12.7. The molecule has 1 aromatic carbocycles. The van der Waals surface area contributed by atoms with Gasteiger partial charge in [-0.25, -0.2) is 0 Å². The predicted molar refractivity (Wildman–Crippen MR) is 82.7 cm³/mol. The smallest absolute Gasteiger partial charge is 0.0637 e. The van der Waals surface area contributed by atoms with Crippen molar-refractivity contribution in [3.63, 3.8) is 0 Å². The summed E-state index contributed by atoms with van der Waals surface area (Å²) in [5.41, 5.74) is 8.58. The number of benzene rings is 1. The minimum atomic E-state index is 0.185. The van der Waals surface area contributed by atoms with E-state index in [1.807, 2.05) is 0 Å². The second-order valence-corrected chi connectivity index (χ2v) is 5.64. The molecule has 1 aromatic rings. The summed E-state index contributed by atoms with van der Waals surface area (Å²) in [6, 6.07) is 8.74. The van der Waals surface area contributed by atoms with Crippen LogP contribution >= 0.6 is 0 Å². The zero-order valence-corrected chi connectivity index (χ0v) is 12.7. The second-order valence-electron chi connectivity index (χ2n) is 5.64. The van der Waals surface area contributed by atoms with Gasteiger partial charge in [0.15, 0.2) is 0 Å². The minimum absolute atomic E-state index is 0.185. The molecule has 0 aliphatic carbocycles. The highest BCUT2D eigenvalue weighted by Crippen LogP contribution is 2.22. The molecule has 108 valence electrons. The van der Waals surface area contributed by atoms with Crippen molar-refractivity contribution in [2.75, 3.05) is 31.7 Å². The molecular formula is C16H28N2O. The van der Waals surface area contributed by atoms with E-state index in [2.05, 4.69) is 49.9 Å². The van der Waals surface area contributed by atoms with Crippen LogP contribution < -0.4 is 10.6 Å². The summed E-state index contributed by atoms with van der Waals surface area (Å²) >= 11 is 0. The summed E-state index contributed by atoms with van der Waals surface area (Å²) < 4.78 is 5.23. The highest BCUT2D eigenvalue weighted by atomic mass is 16.5. The molecule has 0 amide bonds. The number of rotatable bonds is 8. The maximum Gasteiger partial charge on any atom is 0.0637 e. The lowest BCUT2D eigenvalue weighted by molar-refractivity contribution is 0.204. The molecule has 3 nitrogen and oxygen atoms in total. The molecule has 1 atom stereocenters. The number of ether oxygens (including phenoxy) is 1. The SMILES string of the molecule is COCCN(CC(C)C)c1ccccc1CC(C)N. The molecule has 0 saturated heterocycles. The van der Waals surface area contributed by atoms with Crippen LogP contribution in [0.2, 0.25) is 0 Å². The first-order valence-electron chi connectivity index (χ1n) is 7.12. The highest BCUT2D eigenvalue weighted by Gasteiger charge is 2.13. The molecule has 0 aromatic heterocycles. The van der Waals surface area contributed by atoms with Gasteiger partial charge in [-0.15, -0.1) is 0 Å². The summed E-state index contributed by atoms with van der Waals surface area (Å²) in [5.74, 6) is 0.625. The standard InChI is InChI=1S/C16H28N2O/c1-13(2)12-18(9-10-19-4)16-8-6-5-7-15(16)11-14(3)17/h5-8,13-14H,9-12,17H2,1-4H3. The van der Waals surface area contributed by atoms with Crippen LogP contribution in [-0.2, 0) is 11.2 Å². The number of para-hydroxylation sites is 1. The molecule has 19 heavy (non-hydrogen) atoms. The number of nitrogens with two attached hydrogens (primary N) is 1. The average Bonchev–Trinajstić information content (AvgIpc) is 2.34. The van der Waals surface area contributed by atoms with Crippen molar-refractivity contribution >= 4 is 5.69 Å². The van der Waals surface area contributed by atoms with Gasteiger partial charge in [0, 0.05) is 31.9 Å². The van der Waals surface area contributed by atoms with Crippen molar-refractivity contribution in [1.29, 1.82) is 0 Å². The first kappa shape index (κ1) is 16.0. The van der Waals surface area contributed by atoms with Crippen LogP contribution in [0.3, 0.4) is 0 Å². The summed E-state index contributed by atoms with van der Waals surface area (Å²) in [4.78, 5) is 2.41. The number of anilines is 1. The van der Waals surface area contributed by atoms with Crippen LogP contribution in [0.15, 0.2) is 24.3 Å². The van der Waals surface area contributed by atoms with Gasteiger partial charge in [-0.1, -0.05) is 32.0 Å². The Morgan fingerprint density at radius 1 is 1.21 bits per heavy atom. The predicted octanol–water partition coefficient (Wildman–Crippen LogP) is 2.69. The highest BCUT2D eigenvalue weighted by molar-refractivity contribution is 5.54. The normalized spacial score (nSPS) is 12.7. The Bertz CT molecular complexity index is 364. The molecule has 0 aliphatic rings. The quantitative estimate of drug-likeness (QED) is 0.784. The van der Waals surface area contributed by atoms with E-state index >= 15 is 0 Å². The Kier molecular flexibility index (Phi) is 6.89. The Morgan fingerprint density at radius 3 is 2.47 bits per heavy atom. The molecule has 0 spiro atoms. The van der Waals surface area contributed by atoms with Crippen LogP contribution in [0.25, 0.3) is 0 Å². The van der Waals surface area contributed by atoms with Crippen molar-refractivity contribution in [1.82, 2.24) is 0 Å². The molecule has 0 aliphatic heterocycles. The molecule has 1 rings (SSSR count). The molecule has 2 N–H and O–H groups in total. The summed E-state index contributed by atoms with van der Waals surface area (Å²) in [5, 5.41) is 0. The molecule has 0 heterocycles. The van der Waals surface area contributed by atoms with Crippen LogP contribution in [0.5, 0.6) is 0 Å². The molecule has 0 fully saturated rings. The van der Waals surface area contributed by atoms with E-state index in [-0.39, 0.29) is 6.04 Å². The molecule has 0 radical (unpaired) electrons. The van der Waals surface area contributed by atoms with Crippen molar-refractivity contribution < 1.29 is 4.74 Å². The van der Waals surface area contributed by atoms with Crippen LogP contribution in [0.1, 0.15) is 26.3 Å². The second kappa shape index (κ2) is 8.18. The summed E-state index contributed by atoms with van der Waals surface area (Å²) in [6.07, 6.45) is 0.914. The number of methoxy groups -OCH3 is 1. The first-order valence-corrected chi connectivity index (χ1v) is 7.12. The van der Waals surface area contributed by atoms with Crippen molar-refractivity contribution in [3.8, 4) is 0 Å². The van der Waals surface area contributed by atoms with E-state index in [9.17, 15) is 0 Å². The van der Waals surface area contributed by atoms with Crippen LogP contribution in [-0.4, -0.2) is 32.8 Å². The van der Waals surface area contributed by atoms with Gasteiger partial charge in [0.05, 0.1) is 6.61 Å². The fraction of sp³-hybridized carbons (Fsp3) is 0.625.